The highest BCUT2D eigenvalue weighted by Crippen LogP contribution is 2.53. The monoisotopic (exact) mass is 139 g/mol. The lowest BCUT2D eigenvalue weighted by Crippen LogP contribution is -2.29. The highest BCUT2D eigenvalue weighted by Gasteiger charge is 2.46. The van der Waals surface area contributed by atoms with Crippen LogP contribution in [0, 0.1) is 17.8 Å². The van der Waals surface area contributed by atoms with Gasteiger partial charge in [0.1, 0.15) is 0 Å². The zero-order valence-corrected chi connectivity index (χ0v) is 6.72. The van der Waals surface area contributed by atoms with E-state index < -0.39 is 0 Å². The molecule has 2 aliphatic carbocycles. The molecule has 10 heavy (non-hydrogen) atoms. The second kappa shape index (κ2) is 2.23. The van der Waals surface area contributed by atoms with Crippen molar-refractivity contribution in [2.75, 3.05) is 0 Å². The van der Waals surface area contributed by atoms with Crippen LogP contribution in [0.1, 0.15) is 32.6 Å². The molecule has 1 heteroatoms. The molecule has 4 atom stereocenters. The molecule has 2 rings (SSSR count). The van der Waals surface area contributed by atoms with Gasteiger partial charge in [0.05, 0.1) is 0 Å². The average molecular weight is 139 g/mol. The first-order chi connectivity index (χ1) is 4.81. The molecule has 0 aromatic rings. The van der Waals surface area contributed by atoms with Gasteiger partial charge in [-0.15, -0.1) is 0 Å². The first kappa shape index (κ1) is 6.66. The van der Waals surface area contributed by atoms with Crippen LogP contribution in [-0.2, 0) is 0 Å². The van der Waals surface area contributed by atoms with Gasteiger partial charge in [0.25, 0.3) is 0 Å². The van der Waals surface area contributed by atoms with Gasteiger partial charge in [-0.3, -0.25) is 0 Å². The van der Waals surface area contributed by atoms with Crippen molar-refractivity contribution in [3.05, 3.63) is 0 Å². The normalized spacial score (nSPS) is 52.2. The molecule has 0 aliphatic heterocycles. The number of nitrogens with two attached hydrogens (primary N) is 1. The van der Waals surface area contributed by atoms with E-state index in [4.69, 9.17) is 5.73 Å². The Morgan fingerprint density at radius 1 is 1.30 bits per heavy atom. The van der Waals surface area contributed by atoms with Crippen molar-refractivity contribution in [2.45, 2.75) is 38.6 Å². The summed E-state index contributed by atoms with van der Waals surface area (Å²) >= 11 is 0. The van der Waals surface area contributed by atoms with Crippen LogP contribution in [-0.4, -0.2) is 6.04 Å². The first-order valence-corrected chi connectivity index (χ1v) is 4.56. The third-order valence-corrected chi connectivity index (χ3v) is 3.32. The Balaban J connectivity index is 1.96. The minimum atomic E-state index is 0.536. The van der Waals surface area contributed by atoms with E-state index in [9.17, 15) is 0 Å². The second-order valence-electron chi connectivity index (χ2n) is 4.06. The predicted octanol–water partition coefficient (Wildman–Crippen LogP) is 1.77. The topological polar surface area (TPSA) is 26.0 Å². The lowest BCUT2D eigenvalue weighted by Gasteiger charge is -2.24. The number of hydrogen-bond donors (Lipinski definition) is 1. The van der Waals surface area contributed by atoms with Crippen LogP contribution in [0.3, 0.4) is 0 Å². The molecule has 0 bridgehead atoms. The SMILES string of the molecule is CCC1CC(N)CC2CC12. The standard InChI is InChI=1S/C9H17N/c1-2-6-3-8(10)4-7-5-9(6)7/h6-9H,2-5,10H2,1H3. The summed E-state index contributed by atoms with van der Waals surface area (Å²) in [7, 11) is 0. The Bertz CT molecular complexity index is 133. The van der Waals surface area contributed by atoms with Crippen molar-refractivity contribution in [1.29, 1.82) is 0 Å². The van der Waals surface area contributed by atoms with Gasteiger partial charge >= 0.3 is 0 Å². The highest BCUT2D eigenvalue weighted by molar-refractivity contribution is 4.98. The molecule has 2 fully saturated rings. The van der Waals surface area contributed by atoms with Crippen molar-refractivity contribution >= 4 is 0 Å². The Morgan fingerprint density at radius 3 is 2.80 bits per heavy atom. The molecular formula is C9H17N. The highest BCUT2D eigenvalue weighted by atomic mass is 14.7. The van der Waals surface area contributed by atoms with Crippen molar-refractivity contribution in [1.82, 2.24) is 0 Å². The molecule has 0 aromatic carbocycles. The Kier molecular flexibility index (Phi) is 1.48. The van der Waals surface area contributed by atoms with Gasteiger partial charge < -0.3 is 5.73 Å². The zero-order valence-electron chi connectivity index (χ0n) is 6.72. The largest absolute Gasteiger partial charge is 0.328 e. The Morgan fingerprint density at radius 2 is 2.10 bits per heavy atom. The van der Waals surface area contributed by atoms with E-state index in [-0.39, 0.29) is 0 Å². The molecule has 4 unspecified atom stereocenters. The lowest BCUT2D eigenvalue weighted by molar-refractivity contribution is 0.296. The fraction of sp³-hybridized carbons (Fsp3) is 1.00. The van der Waals surface area contributed by atoms with Crippen molar-refractivity contribution in [3.8, 4) is 0 Å². The maximum Gasteiger partial charge on any atom is 0.00443 e. The van der Waals surface area contributed by atoms with Crippen LogP contribution >= 0.6 is 0 Å². The summed E-state index contributed by atoms with van der Waals surface area (Å²) < 4.78 is 0. The molecule has 58 valence electrons. The Labute approximate surface area is 63.0 Å². The van der Waals surface area contributed by atoms with Gasteiger partial charge in [-0.25, -0.2) is 0 Å². The smallest absolute Gasteiger partial charge is 0.00443 e. The lowest BCUT2D eigenvalue weighted by atomic mass is 9.84. The minimum Gasteiger partial charge on any atom is -0.328 e. The van der Waals surface area contributed by atoms with E-state index in [0.717, 1.165) is 17.8 Å². The summed E-state index contributed by atoms with van der Waals surface area (Å²) in [5, 5.41) is 0. The van der Waals surface area contributed by atoms with Crippen LogP contribution in [0.4, 0.5) is 0 Å². The third-order valence-electron chi connectivity index (χ3n) is 3.32. The van der Waals surface area contributed by atoms with Crippen LogP contribution in [0.25, 0.3) is 0 Å². The quantitative estimate of drug-likeness (QED) is 0.588. The summed E-state index contributed by atoms with van der Waals surface area (Å²) in [4.78, 5) is 0. The van der Waals surface area contributed by atoms with Crippen LogP contribution < -0.4 is 5.73 Å². The van der Waals surface area contributed by atoms with Crippen molar-refractivity contribution in [3.63, 3.8) is 0 Å². The van der Waals surface area contributed by atoms with Gasteiger partial charge in [0.15, 0.2) is 0 Å². The molecule has 0 saturated heterocycles. The molecule has 0 radical (unpaired) electrons. The maximum absolute atomic E-state index is 5.92. The van der Waals surface area contributed by atoms with Gasteiger partial charge in [0, 0.05) is 6.04 Å². The average Bonchev–Trinajstić information content (AvgIpc) is 2.64. The maximum atomic E-state index is 5.92. The molecule has 0 heterocycles. The van der Waals surface area contributed by atoms with Crippen LogP contribution in [0.15, 0.2) is 0 Å². The van der Waals surface area contributed by atoms with E-state index in [2.05, 4.69) is 6.92 Å². The summed E-state index contributed by atoms with van der Waals surface area (Å²) in [6.07, 6.45) is 5.47. The molecular weight excluding hydrogens is 122 g/mol. The van der Waals surface area contributed by atoms with E-state index in [0.29, 0.717) is 6.04 Å². The second-order valence-corrected chi connectivity index (χ2v) is 4.06. The van der Waals surface area contributed by atoms with Gasteiger partial charge in [-0.2, -0.15) is 0 Å². The van der Waals surface area contributed by atoms with Gasteiger partial charge in [-0.1, -0.05) is 13.3 Å². The molecule has 0 spiro atoms. The summed E-state index contributed by atoms with van der Waals surface area (Å²) in [6, 6.07) is 0.536. The molecule has 0 aromatic heterocycles. The summed E-state index contributed by atoms with van der Waals surface area (Å²) in [6.45, 7) is 2.30. The number of hydrogen-bond acceptors (Lipinski definition) is 1. The number of rotatable bonds is 1. The van der Waals surface area contributed by atoms with E-state index in [1.807, 2.05) is 0 Å². The van der Waals surface area contributed by atoms with Gasteiger partial charge in [0.2, 0.25) is 0 Å². The molecule has 2 saturated carbocycles. The number of fused-ring (bicyclic) bond motifs is 1. The van der Waals surface area contributed by atoms with E-state index in [1.165, 1.54) is 25.7 Å². The fourth-order valence-electron chi connectivity index (χ4n) is 2.64. The minimum absolute atomic E-state index is 0.536. The van der Waals surface area contributed by atoms with Crippen LogP contribution in [0.2, 0.25) is 0 Å². The van der Waals surface area contributed by atoms with Gasteiger partial charge in [-0.05, 0) is 37.0 Å². The molecule has 2 N–H and O–H groups in total. The first-order valence-electron chi connectivity index (χ1n) is 4.56. The predicted molar refractivity (Wildman–Crippen MR) is 42.6 cm³/mol. The van der Waals surface area contributed by atoms with E-state index >= 15 is 0 Å². The fourth-order valence-corrected chi connectivity index (χ4v) is 2.64. The zero-order chi connectivity index (χ0) is 7.14. The van der Waals surface area contributed by atoms with Crippen LogP contribution in [0.5, 0.6) is 0 Å². The Hall–Kier alpha value is -0.0400. The van der Waals surface area contributed by atoms with Crippen molar-refractivity contribution < 1.29 is 0 Å². The molecule has 2 aliphatic rings. The third kappa shape index (κ3) is 0.968. The molecule has 0 amide bonds. The summed E-state index contributed by atoms with van der Waals surface area (Å²) in [5.74, 6) is 3.10. The van der Waals surface area contributed by atoms with Crippen molar-refractivity contribution in [2.24, 2.45) is 23.5 Å². The van der Waals surface area contributed by atoms with E-state index in [1.54, 1.807) is 0 Å². The molecule has 1 nitrogen and oxygen atoms in total. The summed E-state index contributed by atoms with van der Waals surface area (Å²) in [5.41, 5.74) is 5.92.